The first-order chi connectivity index (χ1) is 8.56. The molecule has 0 radical (unpaired) electrons. The molecule has 0 atom stereocenters. The third-order valence-electron chi connectivity index (χ3n) is 3.64. The molecule has 0 saturated heterocycles. The topological polar surface area (TPSA) is 51.1 Å². The van der Waals surface area contributed by atoms with Gasteiger partial charge in [0.25, 0.3) is 11.5 Å². The van der Waals surface area contributed by atoms with E-state index in [1.54, 1.807) is 19.3 Å². The summed E-state index contributed by atoms with van der Waals surface area (Å²) in [5, 5.41) is 2.93. The van der Waals surface area contributed by atoms with Crippen LogP contribution < -0.4 is 10.9 Å². The molecule has 0 unspecified atom stereocenters. The average Bonchev–Trinajstić information content (AvgIpc) is 2.31. The highest BCUT2D eigenvalue weighted by Gasteiger charge is 2.36. The predicted molar refractivity (Wildman–Crippen MR) is 74.1 cm³/mol. The van der Waals surface area contributed by atoms with Crippen LogP contribution in [0.2, 0.25) is 0 Å². The molecule has 0 spiro atoms. The van der Waals surface area contributed by atoms with Crippen molar-refractivity contribution < 1.29 is 4.79 Å². The third kappa shape index (κ3) is 2.61. The number of rotatable bonds is 4. The van der Waals surface area contributed by atoms with Gasteiger partial charge in [-0.05, 0) is 25.2 Å². The summed E-state index contributed by atoms with van der Waals surface area (Å²) in [5.41, 5.74) is 0.277. The van der Waals surface area contributed by atoms with E-state index in [1.165, 1.54) is 17.1 Å². The molecule has 1 aliphatic rings. The fourth-order valence-corrected chi connectivity index (χ4v) is 2.97. The Morgan fingerprint density at radius 3 is 2.78 bits per heavy atom. The van der Waals surface area contributed by atoms with Gasteiger partial charge in [0, 0.05) is 36.2 Å². The second kappa shape index (κ2) is 5.18. The highest BCUT2D eigenvalue weighted by atomic mass is 32.2. The number of thioether (sulfide) groups is 1. The molecule has 1 saturated carbocycles. The molecular formula is C13H18N2O2S. The lowest BCUT2D eigenvalue weighted by atomic mass is 9.84. The summed E-state index contributed by atoms with van der Waals surface area (Å²) in [6.45, 7) is 0.683. The van der Waals surface area contributed by atoms with Crippen LogP contribution in [0.5, 0.6) is 0 Å². The van der Waals surface area contributed by atoms with E-state index < -0.39 is 0 Å². The van der Waals surface area contributed by atoms with Gasteiger partial charge in [-0.2, -0.15) is 11.8 Å². The van der Waals surface area contributed by atoms with Crippen molar-refractivity contribution in [1.29, 1.82) is 0 Å². The number of carbonyl (C=O) groups excluding carboxylic acids is 1. The molecule has 5 heteroatoms. The maximum Gasteiger partial charge on any atom is 0.251 e. The molecule has 2 rings (SSSR count). The van der Waals surface area contributed by atoms with Crippen molar-refractivity contribution in [2.75, 3.05) is 12.8 Å². The molecule has 1 fully saturated rings. The summed E-state index contributed by atoms with van der Waals surface area (Å²) < 4.78 is 1.67. The first-order valence-electron chi connectivity index (χ1n) is 6.06. The van der Waals surface area contributed by atoms with E-state index >= 15 is 0 Å². The van der Waals surface area contributed by atoms with E-state index in [2.05, 4.69) is 11.6 Å². The van der Waals surface area contributed by atoms with Crippen LogP contribution in [-0.4, -0.2) is 28.0 Å². The fraction of sp³-hybridized carbons (Fsp3) is 0.538. The molecule has 1 aliphatic carbocycles. The molecule has 0 aliphatic heterocycles. The summed E-state index contributed by atoms with van der Waals surface area (Å²) in [4.78, 5) is 23.4. The number of nitrogens with zero attached hydrogens (tertiary/aromatic N) is 1. The van der Waals surface area contributed by atoms with Crippen molar-refractivity contribution >= 4 is 17.7 Å². The van der Waals surface area contributed by atoms with Crippen LogP contribution in [0.4, 0.5) is 0 Å². The number of hydrogen-bond acceptors (Lipinski definition) is 3. The minimum absolute atomic E-state index is 0.159. The number of nitrogens with one attached hydrogen (secondary N) is 1. The van der Waals surface area contributed by atoms with Crippen molar-refractivity contribution in [3.05, 3.63) is 34.2 Å². The molecule has 98 valence electrons. The van der Waals surface area contributed by atoms with E-state index in [4.69, 9.17) is 0 Å². The van der Waals surface area contributed by atoms with E-state index in [0.29, 0.717) is 12.1 Å². The zero-order chi connectivity index (χ0) is 13.2. The van der Waals surface area contributed by atoms with E-state index in [-0.39, 0.29) is 16.2 Å². The van der Waals surface area contributed by atoms with Gasteiger partial charge in [-0.25, -0.2) is 0 Å². The standard InChI is InChI=1S/C13H18N2O2S/c1-15-7-4-10(8-11(15)16)12(17)14-9-13(18-2)5-3-6-13/h4,7-8H,3,5-6,9H2,1-2H3,(H,14,17). The summed E-state index contributed by atoms with van der Waals surface area (Å²) >= 11 is 1.82. The largest absolute Gasteiger partial charge is 0.351 e. The zero-order valence-electron chi connectivity index (χ0n) is 10.7. The Morgan fingerprint density at radius 1 is 1.56 bits per heavy atom. The quantitative estimate of drug-likeness (QED) is 0.896. The monoisotopic (exact) mass is 266 g/mol. The van der Waals surface area contributed by atoms with Gasteiger partial charge in [-0.1, -0.05) is 6.42 Å². The Morgan fingerprint density at radius 2 is 2.28 bits per heavy atom. The molecule has 4 nitrogen and oxygen atoms in total. The van der Waals surface area contributed by atoms with Crippen LogP contribution in [0.15, 0.2) is 23.1 Å². The fourth-order valence-electron chi connectivity index (χ4n) is 2.06. The normalized spacial score (nSPS) is 17.0. The van der Waals surface area contributed by atoms with Crippen molar-refractivity contribution in [2.24, 2.45) is 7.05 Å². The average molecular weight is 266 g/mol. The second-order valence-corrected chi connectivity index (χ2v) is 6.06. The zero-order valence-corrected chi connectivity index (χ0v) is 11.5. The van der Waals surface area contributed by atoms with Gasteiger partial charge in [-0.15, -0.1) is 0 Å². The number of pyridine rings is 1. The maximum absolute atomic E-state index is 11.9. The van der Waals surface area contributed by atoms with Gasteiger partial charge in [-0.3, -0.25) is 9.59 Å². The van der Waals surface area contributed by atoms with Gasteiger partial charge in [0.1, 0.15) is 0 Å². The van der Waals surface area contributed by atoms with Crippen molar-refractivity contribution in [3.8, 4) is 0 Å². The van der Waals surface area contributed by atoms with Crippen molar-refractivity contribution in [1.82, 2.24) is 9.88 Å². The molecular weight excluding hydrogens is 248 g/mol. The highest BCUT2D eigenvalue weighted by Crippen LogP contribution is 2.42. The van der Waals surface area contributed by atoms with Crippen LogP contribution in [0.25, 0.3) is 0 Å². The lowest BCUT2D eigenvalue weighted by Gasteiger charge is -2.40. The Kier molecular flexibility index (Phi) is 3.80. The Hall–Kier alpha value is -1.23. The summed E-state index contributed by atoms with van der Waals surface area (Å²) in [5.74, 6) is -0.159. The van der Waals surface area contributed by atoms with Crippen LogP contribution in [0, 0.1) is 0 Å². The van der Waals surface area contributed by atoms with Crippen molar-refractivity contribution in [3.63, 3.8) is 0 Å². The number of aromatic nitrogens is 1. The third-order valence-corrected chi connectivity index (χ3v) is 5.05. The van der Waals surface area contributed by atoms with E-state index in [9.17, 15) is 9.59 Å². The summed E-state index contributed by atoms with van der Waals surface area (Å²) in [7, 11) is 1.67. The summed E-state index contributed by atoms with van der Waals surface area (Å²) in [6.07, 6.45) is 7.26. The smallest absolute Gasteiger partial charge is 0.251 e. The maximum atomic E-state index is 11.9. The Balaban J connectivity index is 1.99. The van der Waals surface area contributed by atoms with E-state index in [0.717, 1.165) is 12.8 Å². The van der Waals surface area contributed by atoms with Gasteiger partial charge < -0.3 is 9.88 Å². The van der Waals surface area contributed by atoms with Crippen molar-refractivity contribution in [2.45, 2.75) is 24.0 Å². The minimum atomic E-state index is -0.161. The first-order valence-corrected chi connectivity index (χ1v) is 7.29. The summed E-state index contributed by atoms with van der Waals surface area (Å²) in [6, 6.07) is 3.05. The number of carbonyl (C=O) groups is 1. The molecule has 0 bridgehead atoms. The number of hydrogen-bond donors (Lipinski definition) is 1. The highest BCUT2D eigenvalue weighted by molar-refractivity contribution is 8.00. The van der Waals surface area contributed by atoms with Gasteiger partial charge in [0.15, 0.2) is 0 Å². The number of amides is 1. The van der Waals surface area contributed by atoms with Gasteiger partial charge >= 0.3 is 0 Å². The number of aryl methyl sites for hydroxylation is 1. The van der Waals surface area contributed by atoms with Gasteiger partial charge in [0.05, 0.1) is 0 Å². The van der Waals surface area contributed by atoms with Crippen LogP contribution in [0.3, 0.4) is 0 Å². The molecule has 0 aromatic carbocycles. The Labute approximate surface area is 111 Å². The molecule has 1 amide bonds. The van der Waals surface area contributed by atoms with Crippen LogP contribution >= 0.6 is 11.8 Å². The Bertz CT molecular complexity index is 500. The molecule has 1 heterocycles. The predicted octanol–water partition coefficient (Wildman–Crippen LogP) is 1.40. The van der Waals surface area contributed by atoms with Crippen LogP contribution in [-0.2, 0) is 7.05 Å². The lowest BCUT2D eigenvalue weighted by Crippen LogP contribution is -2.45. The SMILES string of the molecule is CSC1(CNC(=O)c2ccn(C)c(=O)c2)CCC1. The van der Waals surface area contributed by atoms with Gasteiger partial charge in [0.2, 0.25) is 0 Å². The molecule has 1 aromatic rings. The van der Waals surface area contributed by atoms with E-state index in [1.807, 2.05) is 11.8 Å². The minimum Gasteiger partial charge on any atom is -0.351 e. The molecule has 1 N–H and O–H groups in total. The van der Waals surface area contributed by atoms with Crippen LogP contribution in [0.1, 0.15) is 29.6 Å². The molecule has 1 aromatic heterocycles. The molecule has 18 heavy (non-hydrogen) atoms. The second-order valence-electron chi connectivity index (χ2n) is 4.79. The lowest BCUT2D eigenvalue weighted by molar-refractivity contribution is 0.0943. The first kappa shape index (κ1) is 13.2.